The van der Waals surface area contributed by atoms with Gasteiger partial charge in [-0.3, -0.25) is 0 Å². The predicted octanol–water partition coefficient (Wildman–Crippen LogP) is 3.80. The number of halogens is 2. The molecule has 0 fully saturated rings. The Bertz CT molecular complexity index is 752. The Labute approximate surface area is 120 Å². The first-order valence-electron chi connectivity index (χ1n) is 5.72. The first-order valence-corrected chi connectivity index (χ1v) is 6.47. The highest BCUT2D eigenvalue weighted by molar-refractivity contribution is 6.36. The minimum absolute atomic E-state index is 0.0465. The van der Waals surface area contributed by atoms with Crippen LogP contribution in [0.4, 0.5) is 0 Å². The average molecular weight is 293 g/mol. The Morgan fingerprint density at radius 2 is 2.05 bits per heavy atom. The Hall–Kier alpha value is -1.55. The van der Waals surface area contributed by atoms with E-state index >= 15 is 0 Å². The van der Waals surface area contributed by atoms with Gasteiger partial charge in [0.15, 0.2) is 0 Å². The number of nitrogens with zero attached hydrogens (tertiary/aromatic N) is 2. The molecule has 0 atom stereocenters. The van der Waals surface area contributed by atoms with Crippen molar-refractivity contribution >= 4 is 28.8 Å². The normalized spacial score (nSPS) is 11.1. The van der Waals surface area contributed by atoms with Crippen LogP contribution >= 0.6 is 23.2 Å². The van der Waals surface area contributed by atoms with Crippen LogP contribution in [0.15, 0.2) is 42.7 Å². The van der Waals surface area contributed by atoms with Crippen LogP contribution < -0.4 is 0 Å². The minimum Gasteiger partial charge on any atom is -0.392 e. The van der Waals surface area contributed by atoms with Gasteiger partial charge in [-0.25, -0.2) is 4.98 Å². The number of rotatable bonds is 2. The molecule has 2 aromatic heterocycles. The van der Waals surface area contributed by atoms with Crippen molar-refractivity contribution in [2.45, 2.75) is 6.61 Å². The molecule has 0 bridgehead atoms. The van der Waals surface area contributed by atoms with Gasteiger partial charge in [-0.15, -0.1) is 0 Å². The highest BCUT2D eigenvalue weighted by Crippen LogP contribution is 2.30. The molecular weight excluding hydrogens is 283 g/mol. The second-order valence-electron chi connectivity index (χ2n) is 4.17. The van der Waals surface area contributed by atoms with Gasteiger partial charge in [-0.1, -0.05) is 29.3 Å². The summed E-state index contributed by atoms with van der Waals surface area (Å²) in [6.07, 6.45) is 3.76. The topological polar surface area (TPSA) is 37.5 Å². The van der Waals surface area contributed by atoms with E-state index in [1.807, 2.05) is 35.0 Å². The first-order chi connectivity index (χ1) is 9.19. The maximum Gasteiger partial charge on any atom is 0.142 e. The second-order valence-corrected chi connectivity index (χ2v) is 5.02. The molecule has 0 aliphatic rings. The molecule has 5 heteroatoms. The third-order valence-corrected chi connectivity index (χ3v) is 3.49. The van der Waals surface area contributed by atoms with Crippen molar-refractivity contribution in [1.29, 1.82) is 0 Å². The van der Waals surface area contributed by atoms with Crippen LogP contribution in [0.1, 0.15) is 5.56 Å². The maximum absolute atomic E-state index is 9.31. The highest BCUT2D eigenvalue weighted by atomic mass is 35.5. The third kappa shape index (κ3) is 2.21. The van der Waals surface area contributed by atoms with Gasteiger partial charge in [0.2, 0.25) is 0 Å². The van der Waals surface area contributed by atoms with Gasteiger partial charge in [0, 0.05) is 28.5 Å². The van der Waals surface area contributed by atoms with Crippen molar-refractivity contribution in [3.05, 3.63) is 58.3 Å². The highest BCUT2D eigenvalue weighted by Gasteiger charge is 2.10. The minimum atomic E-state index is -0.0465. The molecule has 96 valence electrons. The van der Waals surface area contributed by atoms with E-state index in [0.29, 0.717) is 10.0 Å². The lowest BCUT2D eigenvalue weighted by Gasteiger charge is -2.00. The summed E-state index contributed by atoms with van der Waals surface area (Å²) in [5, 5.41) is 10.5. The number of hydrogen-bond acceptors (Lipinski definition) is 2. The number of aliphatic hydroxyl groups excluding tert-OH is 1. The zero-order valence-corrected chi connectivity index (χ0v) is 11.4. The molecule has 0 spiro atoms. The van der Waals surface area contributed by atoms with Gasteiger partial charge in [0.05, 0.1) is 17.3 Å². The Balaban J connectivity index is 2.20. The number of hydrogen-bond donors (Lipinski definition) is 1. The molecule has 0 saturated heterocycles. The van der Waals surface area contributed by atoms with Crippen LogP contribution in [0.2, 0.25) is 10.0 Å². The maximum atomic E-state index is 9.31. The SMILES string of the molecule is OCc1cccn2cc(-c3ccc(Cl)cc3Cl)nc12. The van der Waals surface area contributed by atoms with Gasteiger partial charge >= 0.3 is 0 Å². The molecule has 0 amide bonds. The molecule has 19 heavy (non-hydrogen) atoms. The number of imidazole rings is 1. The van der Waals surface area contributed by atoms with E-state index in [4.69, 9.17) is 23.2 Å². The Morgan fingerprint density at radius 3 is 2.79 bits per heavy atom. The number of pyridine rings is 1. The van der Waals surface area contributed by atoms with Crippen molar-refractivity contribution in [2.75, 3.05) is 0 Å². The van der Waals surface area contributed by atoms with E-state index < -0.39 is 0 Å². The lowest BCUT2D eigenvalue weighted by molar-refractivity contribution is 0.282. The largest absolute Gasteiger partial charge is 0.392 e. The van der Waals surface area contributed by atoms with E-state index in [0.717, 1.165) is 22.5 Å². The molecule has 0 aliphatic heterocycles. The summed E-state index contributed by atoms with van der Waals surface area (Å²) < 4.78 is 1.87. The summed E-state index contributed by atoms with van der Waals surface area (Å²) in [5.41, 5.74) is 3.08. The molecule has 0 saturated carbocycles. The fourth-order valence-electron chi connectivity index (χ4n) is 2.02. The van der Waals surface area contributed by atoms with Crippen LogP contribution in [-0.2, 0) is 6.61 Å². The second kappa shape index (κ2) is 4.85. The number of benzene rings is 1. The molecule has 0 aliphatic carbocycles. The van der Waals surface area contributed by atoms with Crippen LogP contribution in [0.25, 0.3) is 16.9 Å². The van der Waals surface area contributed by atoms with E-state index in [1.54, 1.807) is 12.1 Å². The Kier molecular flexibility index (Phi) is 3.19. The monoisotopic (exact) mass is 292 g/mol. The Morgan fingerprint density at radius 1 is 1.21 bits per heavy atom. The molecule has 1 N–H and O–H groups in total. The molecule has 3 nitrogen and oxygen atoms in total. The van der Waals surface area contributed by atoms with Gasteiger partial charge in [-0.2, -0.15) is 0 Å². The van der Waals surface area contributed by atoms with Crippen molar-refractivity contribution < 1.29 is 5.11 Å². The first kappa shape index (κ1) is 12.5. The van der Waals surface area contributed by atoms with Gasteiger partial charge in [0.1, 0.15) is 5.65 Å². The van der Waals surface area contributed by atoms with Crippen molar-refractivity contribution in [2.24, 2.45) is 0 Å². The zero-order valence-electron chi connectivity index (χ0n) is 9.85. The lowest BCUT2D eigenvalue weighted by atomic mass is 10.2. The summed E-state index contributed by atoms with van der Waals surface area (Å²) in [4.78, 5) is 4.52. The summed E-state index contributed by atoms with van der Waals surface area (Å²) in [6.45, 7) is -0.0465. The molecular formula is C14H10Cl2N2O. The van der Waals surface area contributed by atoms with Crippen molar-refractivity contribution in [3.8, 4) is 11.3 Å². The molecule has 1 aromatic carbocycles. The number of aromatic nitrogens is 2. The molecule has 0 unspecified atom stereocenters. The standard InChI is InChI=1S/C14H10Cl2N2O/c15-10-3-4-11(12(16)6-10)13-7-18-5-1-2-9(8-19)14(18)17-13/h1-7,19H,8H2. The summed E-state index contributed by atoms with van der Waals surface area (Å²) in [7, 11) is 0. The smallest absolute Gasteiger partial charge is 0.142 e. The fourth-order valence-corrected chi connectivity index (χ4v) is 2.53. The molecule has 3 rings (SSSR count). The number of fused-ring (bicyclic) bond motifs is 1. The summed E-state index contributed by atoms with van der Waals surface area (Å²) in [6, 6.07) is 9.02. The van der Waals surface area contributed by atoms with Gasteiger partial charge in [0.25, 0.3) is 0 Å². The van der Waals surface area contributed by atoms with Gasteiger partial charge < -0.3 is 9.51 Å². The van der Waals surface area contributed by atoms with Crippen LogP contribution in [0.5, 0.6) is 0 Å². The van der Waals surface area contributed by atoms with E-state index in [2.05, 4.69) is 4.98 Å². The molecule has 3 aromatic rings. The van der Waals surface area contributed by atoms with E-state index in [-0.39, 0.29) is 6.61 Å². The summed E-state index contributed by atoms with van der Waals surface area (Å²) >= 11 is 12.1. The number of aliphatic hydroxyl groups is 1. The molecule has 0 radical (unpaired) electrons. The molecule has 2 heterocycles. The van der Waals surface area contributed by atoms with Crippen LogP contribution in [0, 0.1) is 0 Å². The van der Waals surface area contributed by atoms with Crippen LogP contribution in [0.3, 0.4) is 0 Å². The predicted molar refractivity (Wildman–Crippen MR) is 76.6 cm³/mol. The lowest BCUT2D eigenvalue weighted by Crippen LogP contribution is -1.90. The van der Waals surface area contributed by atoms with Crippen molar-refractivity contribution in [3.63, 3.8) is 0 Å². The third-order valence-electron chi connectivity index (χ3n) is 2.94. The van der Waals surface area contributed by atoms with E-state index in [9.17, 15) is 5.11 Å². The zero-order chi connectivity index (χ0) is 13.4. The fraction of sp³-hybridized carbons (Fsp3) is 0.0714. The van der Waals surface area contributed by atoms with Crippen LogP contribution in [-0.4, -0.2) is 14.5 Å². The quantitative estimate of drug-likeness (QED) is 0.780. The average Bonchev–Trinajstić information content (AvgIpc) is 2.81. The van der Waals surface area contributed by atoms with Crippen molar-refractivity contribution in [1.82, 2.24) is 9.38 Å². The van der Waals surface area contributed by atoms with Gasteiger partial charge in [-0.05, 0) is 24.3 Å². The van der Waals surface area contributed by atoms with E-state index in [1.165, 1.54) is 0 Å². The summed E-state index contributed by atoms with van der Waals surface area (Å²) in [5.74, 6) is 0.